The number of ketones is 4. The number of hydrogen-bond acceptors (Lipinski definition) is 13. The summed E-state index contributed by atoms with van der Waals surface area (Å²) in [7, 11) is 0. The lowest BCUT2D eigenvalue weighted by molar-refractivity contribution is -0.0613. The second-order valence-corrected chi connectivity index (χ2v) is 19.9. The van der Waals surface area contributed by atoms with Crippen molar-refractivity contribution in [1.82, 2.24) is 10.6 Å². The molecule has 4 aromatic rings. The number of benzene rings is 4. The lowest BCUT2D eigenvalue weighted by Crippen LogP contribution is -2.37. The molecule has 6 N–H and O–H groups in total. The van der Waals surface area contributed by atoms with Crippen LogP contribution in [0.2, 0.25) is 0 Å². The zero-order chi connectivity index (χ0) is 50.1. The Morgan fingerprint density at radius 2 is 0.642 bits per heavy atom. The molecule has 0 aromatic heterocycles. The Morgan fingerprint density at radius 1 is 0.403 bits per heavy atom. The number of aliphatic hydroxyl groups is 4. The SMILES string of the molecule is CC(COCC(C)OCC(C)OCC(C)NC(c1ccc(C(=O)C(C)(C)O)cc1)c1ccc(C(=O)C(C)(C)O)cc1)NC(c1ccc(C(=O)C(C)(C)O)cc1)c1ccc(C(=O)C(C)(C)O)cc1. The van der Waals surface area contributed by atoms with Crippen molar-refractivity contribution in [2.24, 2.45) is 0 Å². The Balaban J connectivity index is 1.33. The molecule has 4 unspecified atom stereocenters. The van der Waals surface area contributed by atoms with Crippen LogP contribution < -0.4 is 10.6 Å². The molecule has 0 aliphatic heterocycles. The number of ether oxygens (including phenoxy) is 3. The van der Waals surface area contributed by atoms with Gasteiger partial charge in [0.15, 0.2) is 23.1 Å². The first-order valence-electron chi connectivity index (χ1n) is 22.9. The zero-order valence-electron chi connectivity index (χ0n) is 41.2. The molecule has 0 saturated heterocycles. The van der Waals surface area contributed by atoms with Gasteiger partial charge in [-0.1, -0.05) is 97.1 Å². The van der Waals surface area contributed by atoms with Crippen LogP contribution in [-0.4, -0.2) is 117 Å². The number of carbonyl (C=O) groups excluding carboxylic acids is 4. The number of rotatable bonds is 26. The van der Waals surface area contributed by atoms with Gasteiger partial charge in [-0.3, -0.25) is 19.2 Å². The van der Waals surface area contributed by atoms with Gasteiger partial charge in [0.25, 0.3) is 0 Å². The van der Waals surface area contributed by atoms with Crippen molar-refractivity contribution < 1.29 is 53.8 Å². The summed E-state index contributed by atoms with van der Waals surface area (Å²) in [5, 5.41) is 48.3. The molecule has 13 heteroatoms. The van der Waals surface area contributed by atoms with Gasteiger partial charge in [0.05, 0.1) is 50.7 Å². The maximum Gasteiger partial charge on any atom is 0.193 e. The maximum absolute atomic E-state index is 12.7. The molecule has 4 atom stereocenters. The third-order valence-electron chi connectivity index (χ3n) is 11.1. The standard InChI is InChI=1S/C54H72N2O11/c1-33(55-45(37-13-21-41(22-14-37)47(57)51(5,6)61)38-15-23-42(24-16-38)48(58)52(7,8)62)29-65-31-35(3)67-32-36(4)66-30-34(2)56-46(39-17-25-43(26-18-39)49(59)53(9,10)63)40-19-27-44(28-20-40)50(60)54(11,12)64/h13-28,33-36,45-46,55-56,61-64H,29-32H2,1-12H3. The van der Waals surface area contributed by atoms with Crippen molar-refractivity contribution in [2.45, 2.75) is 142 Å². The van der Waals surface area contributed by atoms with E-state index in [1.807, 2.05) is 76.2 Å². The van der Waals surface area contributed by atoms with Crippen molar-refractivity contribution in [1.29, 1.82) is 0 Å². The van der Waals surface area contributed by atoms with Gasteiger partial charge in [0.2, 0.25) is 0 Å². The minimum atomic E-state index is -1.51. The molecule has 0 heterocycles. The molecule has 13 nitrogen and oxygen atoms in total. The Morgan fingerprint density at radius 3 is 0.910 bits per heavy atom. The van der Waals surface area contributed by atoms with Crippen LogP contribution in [0.4, 0.5) is 0 Å². The smallest absolute Gasteiger partial charge is 0.193 e. The third-order valence-corrected chi connectivity index (χ3v) is 11.1. The van der Waals surface area contributed by atoms with E-state index in [0.29, 0.717) is 48.7 Å². The average Bonchev–Trinajstić information content (AvgIpc) is 3.26. The Kier molecular flexibility index (Phi) is 18.8. The van der Waals surface area contributed by atoms with Gasteiger partial charge in [-0.15, -0.1) is 0 Å². The van der Waals surface area contributed by atoms with E-state index in [-0.39, 0.29) is 59.5 Å². The van der Waals surface area contributed by atoms with Crippen LogP contribution in [0, 0.1) is 0 Å². The summed E-state index contributed by atoms with van der Waals surface area (Å²) in [5.41, 5.74) is -1.08. The van der Waals surface area contributed by atoms with Gasteiger partial charge in [-0.2, -0.15) is 0 Å². The molecular formula is C54H72N2O11. The molecule has 67 heavy (non-hydrogen) atoms. The highest BCUT2D eigenvalue weighted by Gasteiger charge is 2.30. The summed E-state index contributed by atoms with van der Waals surface area (Å²) in [6, 6.07) is 27.2. The molecule has 0 spiro atoms. The van der Waals surface area contributed by atoms with E-state index < -0.39 is 22.4 Å². The van der Waals surface area contributed by atoms with Gasteiger partial charge in [0.1, 0.15) is 22.4 Å². The number of hydrogen-bond donors (Lipinski definition) is 6. The lowest BCUT2D eigenvalue weighted by atomic mass is 9.91. The maximum atomic E-state index is 12.7. The molecular weight excluding hydrogens is 853 g/mol. The summed E-state index contributed by atoms with van der Waals surface area (Å²) >= 11 is 0. The molecule has 4 aromatic carbocycles. The molecule has 0 aliphatic carbocycles. The van der Waals surface area contributed by atoms with Crippen LogP contribution in [0.3, 0.4) is 0 Å². The summed E-state index contributed by atoms with van der Waals surface area (Å²) in [6.45, 7) is 20.8. The molecule has 0 amide bonds. The first-order valence-corrected chi connectivity index (χ1v) is 22.9. The monoisotopic (exact) mass is 925 g/mol. The number of carbonyl (C=O) groups is 4. The minimum Gasteiger partial charge on any atom is -0.382 e. The van der Waals surface area contributed by atoms with Crippen LogP contribution in [0.1, 0.15) is 159 Å². The normalized spacial score (nSPS) is 14.5. The van der Waals surface area contributed by atoms with Crippen LogP contribution in [-0.2, 0) is 14.2 Å². The van der Waals surface area contributed by atoms with Gasteiger partial charge >= 0.3 is 0 Å². The first kappa shape index (κ1) is 54.8. The number of nitrogens with one attached hydrogen (secondary N) is 2. The van der Waals surface area contributed by atoms with E-state index >= 15 is 0 Å². The fourth-order valence-electron chi connectivity index (χ4n) is 7.27. The van der Waals surface area contributed by atoms with E-state index in [1.165, 1.54) is 55.4 Å². The second-order valence-electron chi connectivity index (χ2n) is 19.9. The molecule has 0 bridgehead atoms. The Bertz CT molecular complexity index is 2110. The van der Waals surface area contributed by atoms with Crippen molar-refractivity contribution in [2.75, 3.05) is 26.4 Å². The zero-order valence-corrected chi connectivity index (χ0v) is 41.2. The van der Waals surface area contributed by atoms with Crippen LogP contribution in [0.15, 0.2) is 97.1 Å². The average molecular weight is 925 g/mol. The van der Waals surface area contributed by atoms with Crippen LogP contribution in [0.5, 0.6) is 0 Å². The third kappa shape index (κ3) is 16.2. The lowest BCUT2D eigenvalue weighted by Gasteiger charge is -2.27. The Hall–Kier alpha value is -4.80. The van der Waals surface area contributed by atoms with Gasteiger partial charge in [-0.05, 0) is 105 Å². The quantitative estimate of drug-likeness (QED) is 0.0347. The highest BCUT2D eigenvalue weighted by molar-refractivity contribution is 6.03. The minimum absolute atomic E-state index is 0.145. The number of Topliss-reactive ketones (excluding diaryl/α,β-unsaturated/α-hetero) is 4. The highest BCUT2D eigenvalue weighted by atomic mass is 16.6. The molecule has 0 radical (unpaired) electrons. The fraction of sp³-hybridized carbons (Fsp3) is 0.481. The van der Waals surface area contributed by atoms with Crippen molar-refractivity contribution >= 4 is 23.1 Å². The predicted molar refractivity (Wildman–Crippen MR) is 259 cm³/mol. The fourth-order valence-corrected chi connectivity index (χ4v) is 7.27. The molecule has 0 saturated carbocycles. The summed E-state index contributed by atoms with van der Waals surface area (Å²) < 4.78 is 18.4. The van der Waals surface area contributed by atoms with Crippen LogP contribution in [0.25, 0.3) is 0 Å². The van der Waals surface area contributed by atoms with Crippen molar-refractivity contribution in [3.63, 3.8) is 0 Å². The van der Waals surface area contributed by atoms with Gasteiger partial charge in [-0.25, -0.2) is 0 Å². The van der Waals surface area contributed by atoms with E-state index in [1.54, 1.807) is 48.5 Å². The molecule has 4 rings (SSSR count). The topological polar surface area (TPSA) is 201 Å². The van der Waals surface area contributed by atoms with Crippen molar-refractivity contribution in [3.8, 4) is 0 Å². The van der Waals surface area contributed by atoms with Gasteiger partial charge in [0, 0.05) is 34.3 Å². The Labute approximate surface area is 396 Å². The molecule has 364 valence electrons. The molecule has 0 fully saturated rings. The summed E-state index contributed by atoms with van der Waals surface area (Å²) in [5.74, 6) is -1.56. The van der Waals surface area contributed by atoms with E-state index in [2.05, 4.69) is 10.6 Å². The highest BCUT2D eigenvalue weighted by Crippen LogP contribution is 2.28. The van der Waals surface area contributed by atoms with Crippen LogP contribution >= 0.6 is 0 Å². The van der Waals surface area contributed by atoms with E-state index in [4.69, 9.17) is 14.2 Å². The summed E-state index contributed by atoms with van der Waals surface area (Å²) in [4.78, 5) is 50.9. The van der Waals surface area contributed by atoms with E-state index in [0.717, 1.165) is 22.3 Å². The van der Waals surface area contributed by atoms with Gasteiger partial charge < -0.3 is 45.3 Å². The predicted octanol–water partition coefficient (Wildman–Crippen LogP) is 7.16. The van der Waals surface area contributed by atoms with E-state index in [9.17, 15) is 39.6 Å². The first-order chi connectivity index (χ1) is 31.1. The second kappa shape index (κ2) is 23.0. The van der Waals surface area contributed by atoms with Crippen molar-refractivity contribution in [3.05, 3.63) is 142 Å². The largest absolute Gasteiger partial charge is 0.382 e. The summed E-state index contributed by atoms with van der Waals surface area (Å²) in [6.07, 6.45) is -0.491. The molecule has 0 aliphatic rings.